The zero-order chi connectivity index (χ0) is 21.0. The van der Waals surface area contributed by atoms with Crippen molar-refractivity contribution in [2.45, 2.75) is 4.90 Å². The molecule has 29 heavy (non-hydrogen) atoms. The SMILES string of the molecule is COc1cc[o+]c2ccc3ccccc3c12.O=[N+]([O-])c1ccccc1S(=O)(=O)[O-]. The summed E-state index contributed by atoms with van der Waals surface area (Å²) < 4.78 is 42.4. The molecular weight excluding hydrogens is 398 g/mol. The topological polar surface area (TPSA) is 121 Å². The number of ether oxygens (including phenoxy) is 1. The van der Waals surface area contributed by atoms with E-state index in [2.05, 4.69) is 18.2 Å². The Bertz CT molecular complexity index is 1300. The second-order valence-corrected chi connectivity index (χ2v) is 7.18. The molecule has 0 radical (unpaired) electrons. The van der Waals surface area contributed by atoms with Gasteiger partial charge in [0.1, 0.15) is 26.1 Å². The molecule has 0 aliphatic carbocycles. The molecule has 4 rings (SSSR count). The number of benzene rings is 3. The fourth-order valence-corrected chi connectivity index (χ4v) is 3.49. The second kappa shape index (κ2) is 8.21. The Kier molecular flexibility index (Phi) is 5.71. The van der Waals surface area contributed by atoms with Crippen LogP contribution in [0.2, 0.25) is 0 Å². The molecule has 0 aliphatic rings. The van der Waals surface area contributed by atoms with Crippen molar-refractivity contribution in [3.63, 3.8) is 0 Å². The molecule has 9 heteroatoms. The minimum absolute atomic E-state index is 0.697. The van der Waals surface area contributed by atoms with Gasteiger partial charge in [0.2, 0.25) is 0 Å². The molecule has 0 atom stereocenters. The number of fused-ring (bicyclic) bond motifs is 3. The Balaban J connectivity index is 0.000000170. The first-order chi connectivity index (χ1) is 13.8. The Morgan fingerprint density at radius 3 is 2.31 bits per heavy atom. The summed E-state index contributed by atoms with van der Waals surface area (Å²) in [5.74, 6) is 0.845. The number of nitrogens with zero attached hydrogens (tertiary/aromatic N) is 1. The fraction of sp³-hybridized carbons (Fsp3) is 0.0500. The molecule has 0 N–H and O–H groups in total. The first-order valence-corrected chi connectivity index (χ1v) is 9.69. The number of nitro groups is 1. The summed E-state index contributed by atoms with van der Waals surface area (Å²) in [4.78, 5) is 8.55. The number of hydrogen-bond acceptors (Lipinski definition) is 6. The van der Waals surface area contributed by atoms with Gasteiger partial charge in [-0.05, 0) is 17.5 Å². The van der Waals surface area contributed by atoms with E-state index in [-0.39, 0.29) is 0 Å². The van der Waals surface area contributed by atoms with Crippen molar-refractivity contribution in [2.24, 2.45) is 0 Å². The number of rotatable bonds is 3. The standard InChI is InChI=1S/C14H11O2.C6H5NO5S/c1-15-12-8-9-16-13-7-6-10-4-2-3-5-11(10)14(12)13;8-7(9)5-3-1-2-4-6(5)13(10,11)12/h2-9H,1H3;1-4H,(H,10,11,12)/q+1;/p-1. The van der Waals surface area contributed by atoms with Crippen LogP contribution in [0.1, 0.15) is 0 Å². The average Bonchev–Trinajstić information content (AvgIpc) is 2.73. The highest BCUT2D eigenvalue weighted by molar-refractivity contribution is 7.85. The van der Waals surface area contributed by atoms with E-state index in [0.717, 1.165) is 34.2 Å². The van der Waals surface area contributed by atoms with Crippen LogP contribution in [0.15, 0.2) is 82.3 Å². The van der Waals surface area contributed by atoms with E-state index >= 15 is 0 Å². The Morgan fingerprint density at radius 1 is 0.966 bits per heavy atom. The fourth-order valence-electron chi connectivity index (χ4n) is 2.85. The van der Waals surface area contributed by atoms with Gasteiger partial charge in [-0.15, -0.1) is 0 Å². The molecule has 4 aromatic rings. The average molecular weight is 413 g/mol. The molecule has 0 unspecified atom stereocenters. The highest BCUT2D eigenvalue weighted by atomic mass is 32.2. The number of nitro benzene ring substituents is 1. The third-order valence-corrected chi connectivity index (χ3v) is 4.99. The molecule has 0 saturated heterocycles. The maximum atomic E-state index is 10.5. The van der Waals surface area contributed by atoms with Crippen molar-refractivity contribution in [1.29, 1.82) is 0 Å². The number of hydrogen-bond donors (Lipinski definition) is 0. The van der Waals surface area contributed by atoms with E-state index in [9.17, 15) is 23.1 Å². The zero-order valence-corrected chi connectivity index (χ0v) is 16.0. The van der Waals surface area contributed by atoms with Gasteiger partial charge in [-0.1, -0.05) is 36.4 Å². The molecule has 0 saturated carbocycles. The van der Waals surface area contributed by atoms with Crippen LogP contribution in [-0.2, 0) is 10.1 Å². The van der Waals surface area contributed by atoms with Crippen LogP contribution in [0, 0.1) is 10.1 Å². The molecule has 0 spiro atoms. The van der Waals surface area contributed by atoms with Gasteiger partial charge in [0.15, 0.2) is 0 Å². The molecule has 3 aromatic carbocycles. The minimum atomic E-state index is -4.77. The monoisotopic (exact) mass is 413 g/mol. The quantitative estimate of drug-likeness (QED) is 0.161. The summed E-state index contributed by atoms with van der Waals surface area (Å²) in [5.41, 5.74) is 0.149. The van der Waals surface area contributed by atoms with Gasteiger partial charge in [0.05, 0.1) is 18.1 Å². The van der Waals surface area contributed by atoms with Gasteiger partial charge in [-0.25, -0.2) is 12.8 Å². The lowest BCUT2D eigenvalue weighted by molar-refractivity contribution is -0.387. The normalized spacial score (nSPS) is 11.0. The van der Waals surface area contributed by atoms with Gasteiger partial charge < -0.3 is 9.29 Å². The van der Waals surface area contributed by atoms with Crippen LogP contribution in [0.5, 0.6) is 5.75 Å². The third-order valence-electron chi connectivity index (χ3n) is 4.10. The maximum absolute atomic E-state index is 10.5. The summed E-state index contributed by atoms with van der Waals surface area (Å²) >= 11 is 0. The summed E-state index contributed by atoms with van der Waals surface area (Å²) in [6, 6.07) is 18.5. The second-order valence-electron chi connectivity index (χ2n) is 5.83. The van der Waals surface area contributed by atoms with Crippen molar-refractivity contribution in [2.75, 3.05) is 7.11 Å². The zero-order valence-electron chi connectivity index (χ0n) is 15.1. The van der Waals surface area contributed by atoms with E-state index in [0.29, 0.717) is 0 Å². The first kappa shape index (κ1) is 20.2. The van der Waals surface area contributed by atoms with Crippen LogP contribution in [-0.4, -0.2) is 25.0 Å². The van der Waals surface area contributed by atoms with Crippen LogP contribution in [0.25, 0.3) is 21.7 Å². The molecule has 0 fully saturated rings. The molecule has 0 amide bonds. The van der Waals surface area contributed by atoms with Crippen molar-refractivity contribution in [3.8, 4) is 5.75 Å². The summed E-state index contributed by atoms with van der Waals surface area (Å²) in [6.45, 7) is 0. The van der Waals surface area contributed by atoms with E-state index < -0.39 is 25.6 Å². The molecule has 0 bridgehead atoms. The van der Waals surface area contributed by atoms with Crippen LogP contribution in [0.3, 0.4) is 0 Å². The van der Waals surface area contributed by atoms with Crippen molar-refractivity contribution in [1.82, 2.24) is 0 Å². The summed E-state index contributed by atoms with van der Waals surface area (Å²) in [7, 11) is -3.09. The minimum Gasteiger partial charge on any atom is -0.744 e. The lowest BCUT2D eigenvalue weighted by atomic mass is 10.1. The number of para-hydroxylation sites is 1. The van der Waals surface area contributed by atoms with Gasteiger partial charge in [0.25, 0.3) is 5.69 Å². The molecule has 1 aromatic heterocycles. The highest BCUT2D eigenvalue weighted by Gasteiger charge is 2.17. The van der Waals surface area contributed by atoms with E-state index in [1.165, 1.54) is 17.5 Å². The Labute approximate surface area is 165 Å². The highest BCUT2D eigenvalue weighted by Crippen LogP contribution is 2.32. The van der Waals surface area contributed by atoms with Gasteiger partial charge in [-0.2, -0.15) is 0 Å². The predicted octanol–water partition coefficient (Wildman–Crippen LogP) is 4.37. The van der Waals surface area contributed by atoms with Crippen molar-refractivity contribution >= 4 is 37.5 Å². The summed E-state index contributed by atoms with van der Waals surface area (Å²) in [5, 5.41) is 13.6. The Morgan fingerprint density at radius 2 is 1.66 bits per heavy atom. The molecule has 1 heterocycles. The maximum Gasteiger partial charge on any atom is 0.364 e. The molecule has 148 valence electrons. The van der Waals surface area contributed by atoms with Gasteiger partial charge in [-0.3, -0.25) is 10.1 Å². The first-order valence-electron chi connectivity index (χ1n) is 8.28. The lowest BCUT2D eigenvalue weighted by Gasteiger charge is -2.06. The largest absolute Gasteiger partial charge is 0.744 e. The molecular formula is C20H15NO7S. The van der Waals surface area contributed by atoms with E-state index in [1.807, 2.05) is 24.3 Å². The Hall–Kier alpha value is -3.56. The van der Waals surface area contributed by atoms with Crippen molar-refractivity contribution < 1.29 is 27.0 Å². The summed E-state index contributed by atoms with van der Waals surface area (Å²) in [6.07, 6.45) is 1.65. The van der Waals surface area contributed by atoms with E-state index in [1.54, 1.807) is 13.4 Å². The third kappa shape index (κ3) is 4.31. The predicted molar refractivity (Wildman–Crippen MR) is 106 cm³/mol. The van der Waals surface area contributed by atoms with Crippen molar-refractivity contribution in [3.05, 3.63) is 83.1 Å². The molecule has 8 nitrogen and oxygen atoms in total. The van der Waals surface area contributed by atoms with Crippen LogP contribution in [0.4, 0.5) is 5.69 Å². The molecule has 0 aliphatic heterocycles. The van der Waals surface area contributed by atoms with Crippen LogP contribution < -0.4 is 4.74 Å². The van der Waals surface area contributed by atoms with E-state index in [4.69, 9.17) is 9.15 Å². The van der Waals surface area contributed by atoms with Gasteiger partial charge in [0, 0.05) is 17.5 Å². The lowest BCUT2D eigenvalue weighted by Crippen LogP contribution is -2.02. The number of methoxy groups -OCH3 is 1. The van der Waals surface area contributed by atoms with Crippen LogP contribution >= 0.6 is 0 Å². The van der Waals surface area contributed by atoms with Gasteiger partial charge >= 0.3 is 11.8 Å². The smallest absolute Gasteiger partial charge is 0.364 e.